The van der Waals surface area contributed by atoms with Crippen LogP contribution in [-0.2, 0) is 4.74 Å². The van der Waals surface area contributed by atoms with E-state index in [1.165, 1.54) is 32.1 Å². The van der Waals surface area contributed by atoms with Crippen molar-refractivity contribution in [3.63, 3.8) is 0 Å². The quantitative estimate of drug-likeness (QED) is 0.732. The molecule has 1 rings (SSSR count). The van der Waals surface area contributed by atoms with Crippen LogP contribution in [0.3, 0.4) is 0 Å². The minimum atomic E-state index is 0.585. The van der Waals surface area contributed by atoms with Gasteiger partial charge in [0.15, 0.2) is 0 Å². The first-order valence-electron chi connectivity index (χ1n) is 6.49. The predicted octanol–water partition coefficient (Wildman–Crippen LogP) is 2.97. The smallest absolute Gasteiger partial charge is 0.0476 e. The lowest BCUT2D eigenvalue weighted by molar-refractivity contribution is 0.177. The van der Waals surface area contributed by atoms with Crippen molar-refractivity contribution in [2.24, 2.45) is 5.92 Å². The molecule has 0 spiro atoms. The molecule has 0 heterocycles. The van der Waals surface area contributed by atoms with Crippen LogP contribution in [-0.4, -0.2) is 25.8 Å². The van der Waals surface area contributed by atoms with Gasteiger partial charge in [0.25, 0.3) is 0 Å². The van der Waals surface area contributed by atoms with Crippen LogP contribution in [0, 0.1) is 5.92 Å². The number of nitrogens with one attached hydrogen (secondary N) is 1. The van der Waals surface area contributed by atoms with Gasteiger partial charge in [-0.15, -0.1) is 0 Å². The number of hydrogen-bond acceptors (Lipinski definition) is 2. The first-order chi connectivity index (χ1) is 7.24. The lowest BCUT2D eigenvalue weighted by Crippen LogP contribution is -2.40. The van der Waals surface area contributed by atoms with Crippen LogP contribution in [0.25, 0.3) is 0 Å². The van der Waals surface area contributed by atoms with Gasteiger partial charge in [0.1, 0.15) is 0 Å². The van der Waals surface area contributed by atoms with Crippen molar-refractivity contribution in [2.45, 2.75) is 64.5 Å². The van der Waals surface area contributed by atoms with Gasteiger partial charge in [-0.25, -0.2) is 0 Å². The largest absolute Gasteiger partial charge is 0.385 e. The van der Waals surface area contributed by atoms with Gasteiger partial charge >= 0.3 is 0 Å². The molecule has 1 aliphatic rings. The molecule has 0 radical (unpaired) electrons. The van der Waals surface area contributed by atoms with Crippen LogP contribution in [0.5, 0.6) is 0 Å². The normalized spacial score (nSPS) is 22.6. The SMILES string of the molecule is COCCC(C)N[C@H](C)C1CCCCC1. The summed E-state index contributed by atoms with van der Waals surface area (Å²) in [5, 5.41) is 3.70. The third-order valence-corrected chi connectivity index (χ3v) is 3.66. The third-order valence-electron chi connectivity index (χ3n) is 3.66. The molecule has 2 heteroatoms. The minimum absolute atomic E-state index is 0.585. The lowest BCUT2D eigenvalue weighted by Gasteiger charge is -2.30. The molecule has 2 nitrogen and oxygen atoms in total. The number of hydrogen-bond donors (Lipinski definition) is 1. The van der Waals surface area contributed by atoms with Crippen molar-refractivity contribution in [2.75, 3.05) is 13.7 Å². The first kappa shape index (κ1) is 13.0. The molecule has 1 fully saturated rings. The van der Waals surface area contributed by atoms with Gasteiger partial charge in [-0.2, -0.15) is 0 Å². The average molecular weight is 213 g/mol. The third kappa shape index (κ3) is 4.98. The highest BCUT2D eigenvalue weighted by Crippen LogP contribution is 2.26. The molecule has 0 aliphatic heterocycles. The minimum Gasteiger partial charge on any atom is -0.385 e. The van der Waals surface area contributed by atoms with E-state index in [4.69, 9.17) is 4.74 Å². The molecular weight excluding hydrogens is 186 g/mol. The van der Waals surface area contributed by atoms with E-state index in [1.54, 1.807) is 7.11 Å². The molecule has 0 saturated heterocycles. The van der Waals surface area contributed by atoms with Gasteiger partial charge in [0.05, 0.1) is 0 Å². The van der Waals surface area contributed by atoms with Gasteiger partial charge < -0.3 is 10.1 Å². The Bertz CT molecular complexity index is 155. The van der Waals surface area contributed by atoms with Crippen LogP contribution in [0.4, 0.5) is 0 Å². The Labute approximate surface area is 94.8 Å². The summed E-state index contributed by atoms with van der Waals surface area (Å²) in [5.74, 6) is 0.906. The molecule has 1 unspecified atom stereocenters. The molecule has 2 atom stereocenters. The van der Waals surface area contributed by atoms with E-state index in [0.717, 1.165) is 18.9 Å². The Morgan fingerprint density at radius 1 is 1.20 bits per heavy atom. The monoisotopic (exact) mass is 213 g/mol. The summed E-state index contributed by atoms with van der Waals surface area (Å²) in [5.41, 5.74) is 0. The second kappa shape index (κ2) is 7.24. The van der Waals surface area contributed by atoms with Gasteiger partial charge in [-0.05, 0) is 39.0 Å². The summed E-state index contributed by atoms with van der Waals surface area (Å²) in [7, 11) is 1.78. The molecule has 90 valence electrons. The van der Waals surface area contributed by atoms with Crippen molar-refractivity contribution in [1.29, 1.82) is 0 Å². The molecule has 1 saturated carbocycles. The maximum Gasteiger partial charge on any atom is 0.0476 e. The van der Waals surface area contributed by atoms with E-state index >= 15 is 0 Å². The van der Waals surface area contributed by atoms with E-state index in [1.807, 2.05) is 0 Å². The van der Waals surface area contributed by atoms with Gasteiger partial charge in [0.2, 0.25) is 0 Å². The second-order valence-corrected chi connectivity index (χ2v) is 5.04. The van der Waals surface area contributed by atoms with E-state index in [0.29, 0.717) is 12.1 Å². The summed E-state index contributed by atoms with van der Waals surface area (Å²) >= 11 is 0. The summed E-state index contributed by atoms with van der Waals surface area (Å²) in [6.07, 6.45) is 8.28. The highest BCUT2D eigenvalue weighted by molar-refractivity contribution is 4.78. The van der Waals surface area contributed by atoms with Crippen LogP contribution < -0.4 is 5.32 Å². The standard InChI is InChI=1S/C13H27NO/c1-11(9-10-15-3)14-12(2)13-7-5-4-6-8-13/h11-14H,4-10H2,1-3H3/t11?,12-/m1/s1. The first-order valence-corrected chi connectivity index (χ1v) is 6.49. The second-order valence-electron chi connectivity index (χ2n) is 5.04. The Kier molecular flexibility index (Phi) is 6.26. The Morgan fingerprint density at radius 2 is 1.87 bits per heavy atom. The van der Waals surface area contributed by atoms with Crippen LogP contribution in [0.1, 0.15) is 52.4 Å². The molecule has 0 aromatic rings. The highest BCUT2D eigenvalue weighted by atomic mass is 16.5. The van der Waals surface area contributed by atoms with Gasteiger partial charge in [-0.1, -0.05) is 19.3 Å². The van der Waals surface area contributed by atoms with Crippen LogP contribution in [0.2, 0.25) is 0 Å². The van der Waals surface area contributed by atoms with Crippen LogP contribution in [0.15, 0.2) is 0 Å². The molecular formula is C13H27NO. The number of methoxy groups -OCH3 is 1. The Morgan fingerprint density at radius 3 is 2.47 bits per heavy atom. The molecule has 0 bridgehead atoms. The maximum absolute atomic E-state index is 5.10. The molecule has 15 heavy (non-hydrogen) atoms. The number of rotatable bonds is 6. The fourth-order valence-corrected chi connectivity index (χ4v) is 2.60. The van der Waals surface area contributed by atoms with E-state index in [-0.39, 0.29) is 0 Å². The number of ether oxygens (including phenoxy) is 1. The van der Waals surface area contributed by atoms with Crippen LogP contribution >= 0.6 is 0 Å². The summed E-state index contributed by atoms with van der Waals surface area (Å²) in [6, 6.07) is 1.26. The lowest BCUT2D eigenvalue weighted by atomic mass is 9.84. The molecule has 1 N–H and O–H groups in total. The molecule has 0 aromatic heterocycles. The topological polar surface area (TPSA) is 21.3 Å². The summed E-state index contributed by atoms with van der Waals surface area (Å²) < 4.78 is 5.10. The van der Waals surface area contributed by atoms with E-state index in [9.17, 15) is 0 Å². The van der Waals surface area contributed by atoms with Gasteiger partial charge in [-0.3, -0.25) is 0 Å². The Hall–Kier alpha value is -0.0800. The zero-order valence-corrected chi connectivity index (χ0v) is 10.6. The van der Waals surface area contributed by atoms with Crippen molar-refractivity contribution in [3.05, 3.63) is 0 Å². The average Bonchev–Trinajstić information content (AvgIpc) is 2.27. The van der Waals surface area contributed by atoms with E-state index < -0.39 is 0 Å². The molecule has 0 aromatic carbocycles. The summed E-state index contributed by atoms with van der Waals surface area (Å²) in [4.78, 5) is 0. The summed E-state index contributed by atoms with van der Waals surface area (Å²) in [6.45, 7) is 5.48. The molecule has 1 aliphatic carbocycles. The van der Waals surface area contributed by atoms with Crippen molar-refractivity contribution >= 4 is 0 Å². The van der Waals surface area contributed by atoms with E-state index in [2.05, 4.69) is 19.2 Å². The fraction of sp³-hybridized carbons (Fsp3) is 1.00. The van der Waals surface area contributed by atoms with Crippen molar-refractivity contribution in [3.8, 4) is 0 Å². The zero-order valence-electron chi connectivity index (χ0n) is 10.6. The van der Waals surface area contributed by atoms with Crippen molar-refractivity contribution in [1.82, 2.24) is 5.32 Å². The van der Waals surface area contributed by atoms with Crippen molar-refractivity contribution < 1.29 is 4.74 Å². The maximum atomic E-state index is 5.10. The highest BCUT2D eigenvalue weighted by Gasteiger charge is 2.20. The predicted molar refractivity (Wildman–Crippen MR) is 65.1 cm³/mol. The van der Waals surface area contributed by atoms with Gasteiger partial charge in [0, 0.05) is 25.8 Å². The fourth-order valence-electron chi connectivity index (χ4n) is 2.60. The molecule has 0 amide bonds. The Balaban J connectivity index is 2.17. The zero-order chi connectivity index (χ0) is 11.1.